The second-order valence-corrected chi connectivity index (χ2v) is 4.20. The lowest BCUT2D eigenvalue weighted by molar-refractivity contribution is -0.313. The highest BCUT2D eigenvalue weighted by atomic mass is 16.5. The second kappa shape index (κ2) is 5.53. The van der Waals surface area contributed by atoms with Crippen LogP contribution in [-0.4, -0.2) is 26.0 Å². The van der Waals surface area contributed by atoms with Gasteiger partial charge >= 0.3 is 0 Å². The molecule has 0 bridgehead atoms. The summed E-state index contributed by atoms with van der Waals surface area (Å²) in [7, 11) is 2.99. The van der Waals surface area contributed by atoms with E-state index < -0.39 is 11.4 Å². The molecule has 18 heavy (non-hydrogen) atoms. The second-order valence-electron chi connectivity index (χ2n) is 4.20. The minimum Gasteiger partial charge on any atom is -0.549 e. The molecule has 0 aromatic heterocycles. The smallest absolute Gasteiger partial charge is 0.221 e. The predicted octanol–water partition coefficient (Wildman–Crippen LogP) is -0.161. The molecule has 1 rings (SSSR count). The van der Waals surface area contributed by atoms with E-state index in [0.29, 0.717) is 11.3 Å². The van der Waals surface area contributed by atoms with E-state index in [-0.39, 0.29) is 12.3 Å². The van der Waals surface area contributed by atoms with E-state index in [1.807, 2.05) is 0 Å². The van der Waals surface area contributed by atoms with Crippen molar-refractivity contribution in [1.29, 1.82) is 0 Å². The third-order valence-corrected chi connectivity index (χ3v) is 2.97. The maximum absolute atomic E-state index is 11.4. The highest BCUT2D eigenvalue weighted by Crippen LogP contribution is 2.28. The maximum atomic E-state index is 11.4. The summed E-state index contributed by atoms with van der Waals surface area (Å²) in [5.74, 6) is -1.01. The molecule has 1 aromatic carbocycles. The molecule has 1 amide bonds. The molecule has 0 heterocycles. The average Bonchev–Trinajstić information content (AvgIpc) is 2.38. The van der Waals surface area contributed by atoms with E-state index >= 15 is 0 Å². The molecular formula is C13H16NO4-. The van der Waals surface area contributed by atoms with Crippen LogP contribution >= 0.6 is 0 Å². The normalized spacial score (nSPS) is 13.5. The molecule has 0 radical (unpaired) electrons. The third kappa shape index (κ3) is 2.80. The molecule has 0 unspecified atom stereocenters. The van der Waals surface area contributed by atoms with E-state index in [2.05, 4.69) is 5.32 Å². The summed E-state index contributed by atoms with van der Waals surface area (Å²) in [5.41, 5.74) is -0.848. The van der Waals surface area contributed by atoms with Crippen LogP contribution in [0.4, 0.5) is 0 Å². The zero-order chi connectivity index (χ0) is 13.8. The number of methoxy groups -OCH3 is 1. The molecule has 0 aliphatic rings. The monoisotopic (exact) mass is 250 g/mol. The lowest BCUT2D eigenvalue weighted by Crippen LogP contribution is -2.46. The van der Waals surface area contributed by atoms with Crippen molar-refractivity contribution in [2.24, 2.45) is 0 Å². The van der Waals surface area contributed by atoms with Crippen LogP contribution in [0.5, 0.6) is 5.75 Å². The summed E-state index contributed by atoms with van der Waals surface area (Å²) in [6.45, 7) is 1.47. The molecule has 0 saturated heterocycles. The van der Waals surface area contributed by atoms with Crippen LogP contribution in [0.15, 0.2) is 24.3 Å². The van der Waals surface area contributed by atoms with Crippen molar-refractivity contribution < 1.29 is 19.4 Å². The first-order valence-corrected chi connectivity index (χ1v) is 5.50. The number of rotatable bonds is 5. The molecule has 0 spiro atoms. The Morgan fingerprint density at radius 3 is 2.28 bits per heavy atom. The number of hydrogen-bond donors (Lipinski definition) is 1. The van der Waals surface area contributed by atoms with E-state index in [4.69, 9.17) is 4.74 Å². The number of carboxylic acid groups (broad SMARTS) is 1. The van der Waals surface area contributed by atoms with Crippen LogP contribution in [0.1, 0.15) is 18.9 Å². The van der Waals surface area contributed by atoms with Gasteiger partial charge < -0.3 is 20.0 Å². The summed E-state index contributed by atoms with van der Waals surface area (Å²) >= 11 is 0. The van der Waals surface area contributed by atoms with Gasteiger partial charge in [0.05, 0.1) is 13.1 Å². The van der Waals surface area contributed by atoms with Crippen molar-refractivity contribution in [1.82, 2.24) is 5.32 Å². The first-order chi connectivity index (χ1) is 8.43. The topological polar surface area (TPSA) is 78.5 Å². The number of carbonyl (C=O) groups is 2. The van der Waals surface area contributed by atoms with Crippen LogP contribution in [0.3, 0.4) is 0 Å². The van der Waals surface area contributed by atoms with Crippen molar-refractivity contribution in [3.05, 3.63) is 29.8 Å². The third-order valence-electron chi connectivity index (χ3n) is 2.97. The molecule has 1 N–H and O–H groups in total. The minimum absolute atomic E-state index is 0.168. The summed E-state index contributed by atoms with van der Waals surface area (Å²) in [5, 5.41) is 13.7. The first kappa shape index (κ1) is 14.0. The Balaban J connectivity index is 3.10. The Morgan fingerprint density at radius 1 is 1.33 bits per heavy atom. The highest BCUT2D eigenvalue weighted by molar-refractivity contribution is 5.88. The molecule has 0 aliphatic heterocycles. The molecule has 0 saturated carbocycles. The van der Waals surface area contributed by atoms with Gasteiger partial charge in [-0.2, -0.15) is 0 Å². The number of aliphatic carboxylic acids is 1. The van der Waals surface area contributed by atoms with E-state index in [0.717, 1.165) is 0 Å². The van der Waals surface area contributed by atoms with Gasteiger partial charge in [-0.15, -0.1) is 0 Å². The van der Waals surface area contributed by atoms with E-state index in [9.17, 15) is 14.7 Å². The molecule has 5 nitrogen and oxygen atoms in total. The van der Waals surface area contributed by atoms with Gasteiger partial charge in [0.1, 0.15) is 5.75 Å². The average molecular weight is 250 g/mol. The quantitative estimate of drug-likeness (QED) is 0.787. The van der Waals surface area contributed by atoms with Crippen molar-refractivity contribution in [2.75, 3.05) is 14.2 Å². The van der Waals surface area contributed by atoms with Crippen LogP contribution < -0.4 is 15.2 Å². The van der Waals surface area contributed by atoms with Crippen LogP contribution in [0.25, 0.3) is 0 Å². The summed E-state index contributed by atoms with van der Waals surface area (Å²) in [6.07, 6.45) is -0.168. The molecule has 5 heteroatoms. The van der Waals surface area contributed by atoms with Crippen LogP contribution in [0, 0.1) is 0 Å². The first-order valence-electron chi connectivity index (χ1n) is 5.50. The lowest BCUT2D eigenvalue weighted by atomic mass is 9.79. The van der Waals surface area contributed by atoms with Crippen molar-refractivity contribution >= 4 is 11.9 Å². The van der Waals surface area contributed by atoms with Crippen molar-refractivity contribution in [2.45, 2.75) is 18.8 Å². The number of nitrogens with one attached hydrogen (secondary N) is 1. The largest absolute Gasteiger partial charge is 0.549 e. The molecule has 0 aliphatic carbocycles. The zero-order valence-electron chi connectivity index (χ0n) is 10.6. The van der Waals surface area contributed by atoms with Gasteiger partial charge in [0.25, 0.3) is 0 Å². The number of benzene rings is 1. The minimum atomic E-state index is -1.35. The van der Waals surface area contributed by atoms with Gasteiger partial charge in [-0.1, -0.05) is 12.1 Å². The van der Waals surface area contributed by atoms with E-state index in [1.54, 1.807) is 24.3 Å². The maximum Gasteiger partial charge on any atom is 0.221 e. The van der Waals surface area contributed by atoms with Crippen molar-refractivity contribution in [3.63, 3.8) is 0 Å². The Bertz CT molecular complexity index is 441. The fourth-order valence-corrected chi connectivity index (χ4v) is 1.66. The van der Waals surface area contributed by atoms with Gasteiger partial charge in [0.15, 0.2) is 0 Å². The fraction of sp³-hybridized carbons (Fsp3) is 0.385. The number of ether oxygens (including phenoxy) is 1. The molecular weight excluding hydrogens is 234 g/mol. The van der Waals surface area contributed by atoms with Crippen molar-refractivity contribution in [3.8, 4) is 5.75 Å². The summed E-state index contributed by atoms with van der Waals surface area (Å²) < 4.78 is 5.00. The van der Waals surface area contributed by atoms with Gasteiger partial charge in [0.2, 0.25) is 5.91 Å². The van der Waals surface area contributed by atoms with Gasteiger partial charge in [-0.05, 0) is 24.6 Å². The zero-order valence-corrected chi connectivity index (χ0v) is 10.6. The number of hydrogen-bond acceptors (Lipinski definition) is 4. The van der Waals surface area contributed by atoms with Crippen LogP contribution in [0.2, 0.25) is 0 Å². The van der Waals surface area contributed by atoms with E-state index in [1.165, 1.54) is 21.1 Å². The fourth-order valence-electron chi connectivity index (χ4n) is 1.66. The molecule has 1 atom stereocenters. The lowest BCUT2D eigenvalue weighted by Gasteiger charge is -2.30. The summed E-state index contributed by atoms with van der Waals surface area (Å²) in [4.78, 5) is 22.7. The molecule has 1 aromatic rings. The number of carboxylic acids is 1. The SMILES string of the molecule is CNC(=O)C[C@](C)(C(=O)[O-])c1ccc(OC)cc1. The number of carbonyl (C=O) groups excluding carboxylic acids is 2. The predicted molar refractivity (Wildman–Crippen MR) is 64.0 cm³/mol. The Hall–Kier alpha value is -2.04. The number of amides is 1. The molecule has 98 valence electrons. The Kier molecular flexibility index (Phi) is 4.31. The molecule has 0 fully saturated rings. The standard InChI is InChI=1S/C13H17NO4/c1-13(12(16)17,8-11(15)14-2)9-4-6-10(18-3)7-5-9/h4-7H,8H2,1-3H3,(H,14,15)(H,16,17)/p-1/t13-/m0/s1. The van der Waals surface area contributed by atoms with Crippen LogP contribution in [-0.2, 0) is 15.0 Å². The van der Waals surface area contributed by atoms with Gasteiger partial charge in [-0.25, -0.2) is 0 Å². The Morgan fingerprint density at radius 2 is 1.89 bits per heavy atom. The van der Waals surface area contributed by atoms with Gasteiger partial charge in [-0.3, -0.25) is 4.79 Å². The highest BCUT2D eigenvalue weighted by Gasteiger charge is 2.31. The summed E-state index contributed by atoms with van der Waals surface area (Å²) in [6, 6.07) is 6.55. The Labute approximate surface area is 106 Å². The van der Waals surface area contributed by atoms with Gasteiger partial charge in [0, 0.05) is 18.9 Å².